The molecule has 2 aromatic rings. The summed E-state index contributed by atoms with van der Waals surface area (Å²) in [6.07, 6.45) is 1.61. The van der Waals surface area contributed by atoms with E-state index in [1.54, 1.807) is 25.4 Å². The number of anilines is 1. The molecule has 0 fully saturated rings. The quantitative estimate of drug-likeness (QED) is 0.925. The Bertz CT molecular complexity index is 562. The van der Waals surface area contributed by atoms with Gasteiger partial charge in [0.2, 0.25) is 0 Å². The first-order chi connectivity index (χ1) is 8.11. The van der Waals surface area contributed by atoms with Crippen LogP contribution in [0.2, 0.25) is 5.02 Å². The molecule has 0 unspecified atom stereocenters. The van der Waals surface area contributed by atoms with Crippen LogP contribution in [0.3, 0.4) is 0 Å². The van der Waals surface area contributed by atoms with E-state index in [0.29, 0.717) is 26.9 Å². The number of hydrogen-bond acceptors (Lipinski definition) is 4. The van der Waals surface area contributed by atoms with Gasteiger partial charge in [-0.3, -0.25) is 0 Å². The molecule has 6 heteroatoms. The molecule has 2 rings (SSSR count). The van der Waals surface area contributed by atoms with E-state index in [1.807, 2.05) is 6.07 Å². The van der Waals surface area contributed by atoms with Crippen molar-refractivity contribution in [1.29, 1.82) is 0 Å². The highest BCUT2D eigenvalue weighted by atomic mass is 79.9. The second-order valence-corrected chi connectivity index (χ2v) is 4.54. The lowest BCUT2D eigenvalue weighted by Crippen LogP contribution is -1.96. The van der Waals surface area contributed by atoms with Crippen molar-refractivity contribution in [1.82, 2.24) is 9.97 Å². The van der Waals surface area contributed by atoms with Crippen LogP contribution in [-0.2, 0) is 0 Å². The minimum absolute atomic E-state index is 0.391. The minimum atomic E-state index is 0.391. The highest BCUT2D eigenvalue weighted by Crippen LogP contribution is 2.29. The van der Waals surface area contributed by atoms with Gasteiger partial charge < -0.3 is 10.5 Å². The van der Waals surface area contributed by atoms with Crippen LogP contribution < -0.4 is 10.5 Å². The highest BCUT2D eigenvalue weighted by Gasteiger charge is 2.07. The third-order valence-corrected chi connectivity index (χ3v) is 3.09. The van der Waals surface area contributed by atoms with Crippen molar-refractivity contribution in [2.45, 2.75) is 0 Å². The smallest absolute Gasteiger partial charge is 0.161 e. The minimum Gasteiger partial charge on any atom is -0.495 e. The number of aromatic nitrogens is 2. The summed E-state index contributed by atoms with van der Waals surface area (Å²) in [5, 5.41) is 0.509. The Kier molecular flexibility index (Phi) is 3.49. The van der Waals surface area contributed by atoms with E-state index in [2.05, 4.69) is 25.9 Å². The fraction of sp³-hybridized carbons (Fsp3) is 0.0909. The summed E-state index contributed by atoms with van der Waals surface area (Å²) in [6.45, 7) is 0. The summed E-state index contributed by atoms with van der Waals surface area (Å²) in [4.78, 5) is 8.33. The number of ether oxygens (including phenoxy) is 1. The van der Waals surface area contributed by atoms with Gasteiger partial charge in [0.25, 0.3) is 0 Å². The van der Waals surface area contributed by atoms with Crippen molar-refractivity contribution in [2.24, 2.45) is 0 Å². The zero-order valence-corrected chi connectivity index (χ0v) is 11.3. The summed E-state index contributed by atoms with van der Waals surface area (Å²) >= 11 is 9.27. The van der Waals surface area contributed by atoms with Crippen molar-refractivity contribution in [2.75, 3.05) is 12.8 Å². The lowest BCUT2D eigenvalue weighted by atomic mass is 10.2. The number of nitrogens with two attached hydrogens (primary N) is 1. The zero-order chi connectivity index (χ0) is 12.4. The molecular weight excluding hydrogens is 305 g/mol. The second-order valence-electron chi connectivity index (χ2n) is 3.28. The Hall–Kier alpha value is -1.33. The van der Waals surface area contributed by atoms with Crippen LogP contribution in [0, 0.1) is 0 Å². The number of rotatable bonds is 2. The molecule has 1 aromatic heterocycles. The fourth-order valence-corrected chi connectivity index (χ4v) is 1.77. The van der Waals surface area contributed by atoms with E-state index in [9.17, 15) is 0 Å². The van der Waals surface area contributed by atoms with Gasteiger partial charge in [0.15, 0.2) is 5.82 Å². The van der Waals surface area contributed by atoms with Crippen LogP contribution in [0.4, 0.5) is 5.82 Å². The third kappa shape index (κ3) is 2.50. The molecule has 1 aromatic carbocycles. The highest BCUT2D eigenvalue weighted by molar-refractivity contribution is 9.10. The van der Waals surface area contributed by atoms with E-state index in [0.717, 1.165) is 5.56 Å². The molecule has 0 aliphatic rings. The van der Waals surface area contributed by atoms with Crippen molar-refractivity contribution >= 4 is 33.3 Å². The van der Waals surface area contributed by atoms with Crippen molar-refractivity contribution < 1.29 is 4.74 Å². The van der Waals surface area contributed by atoms with Gasteiger partial charge in [0.05, 0.1) is 16.6 Å². The van der Waals surface area contributed by atoms with Gasteiger partial charge in [-0.1, -0.05) is 11.6 Å². The van der Waals surface area contributed by atoms with Crippen molar-refractivity contribution in [3.8, 4) is 17.1 Å². The maximum absolute atomic E-state index is 6.03. The molecule has 2 N–H and O–H groups in total. The molecule has 0 saturated heterocycles. The van der Waals surface area contributed by atoms with Gasteiger partial charge in [0, 0.05) is 11.8 Å². The van der Waals surface area contributed by atoms with Gasteiger partial charge in [-0.15, -0.1) is 0 Å². The Morgan fingerprint density at radius 3 is 2.76 bits per heavy atom. The Morgan fingerprint density at radius 2 is 2.18 bits per heavy atom. The maximum Gasteiger partial charge on any atom is 0.161 e. The van der Waals surface area contributed by atoms with E-state index in [1.165, 1.54) is 0 Å². The van der Waals surface area contributed by atoms with Crippen LogP contribution in [0.25, 0.3) is 11.4 Å². The molecule has 0 radical (unpaired) electrons. The molecule has 0 saturated carbocycles. The number of nitrogen functional groups attached to an aromatic ring is 1. The monoisotopic (exact) mass is 313 g/mol. The second kappa shape index (κ2) is 4.89. The summed E-state index contributed by atoms with van der Waals surface area (Å²) in [7, 11) is 1.56. The summed E-state index contributed by atoms with van der Waals surface area (Å²) in [5.74, 6) is 1.53. The van der Waals surface area contributed by atoms with Crippen LogP contribution in [0.15, 0.2) is 28.9 Å². The average Bonchev–Trinajstić information content (AvgIpc) is 2.32. The SMILES string of the molecule is COc1ccc(-c2ncc(Br)c(N)n2)cc1Cl. The maximum atomic E-state index is 6.03. The predicted molar refractivity (Wildman–Crippen MR) is 71.1 cm³/mol. The molecule has 0 aliphatic carbocycles. The summed E-state index contributed by atoms with van der Waals surface area (Å²) in [6, 6.07) is 5.33. The van der Waals surface area contributed by atoms with Crippen LogP contribution >= 0.6 is 27.5 Å². The molecule has 0 bridgehead atoms. The predicted octanol–water partition coefficient (Wildman–Crippen LogP) is 3.15. The molecule has 88 valence electrons. The molecular formula is C11H9BrClN3O. The van der Waals surface area contributed by atoms with Gasteiger partial charge in [-0.25, -0.2) is 9.97 Å². The molecule has 17 heavy (non-hydrogen) atoms. The molecule has 0 amide bonds. The molecule has 1 heterocycles. The van der Waals surface area contributed by atoms with E-state index in [4.69, 9.17) is 22.1 Å². The van der Waals surface area contributed by atoms with Crippen molar-refractivity contribution in [3.05, 3.63) is 33.9 Å². The number of nitrogens with zero attached hydrogens (tertiary/aromatic N) is 2. The van der Waals surface area contributed by atoms with Gasteiger partial charge >= 0.3 is 0 Å². The topological polar surface area (TPSA) is 61.0 Å². The lowest BCUT2D eigenvalue weighted by Gasteiger charge is -2.06. The standard InChI is InChI=1S/C11H9BrClN3O/c1-17-9-3-2-6(4-8(9)13)11-15-5-7(12)10(14)16-11/h2-5H,1H3,(H2,14,15,16). The lowest BCUT2D eigenvalue weighted by molar-refractivity contribution is 0.415. The van der Waals surface area contributed by atoms with E-state index >= 15 is 0 Å². The van der Waals surface area contributed by atoms with Crippen LogP contribution in [-0.4, -0.2) is 17.1 Å². The van der Waals surface area contributed by atoms with E-state index < -0.39 is 0 Å². The number of hydrogen-bond donors (Lipinski definition) is 1. The Morgan fingerprint density at radius 1 is 1.41 bits per heavy atom. The van der Waals surface area contributed by atoms with Crippen LogP contribution in [0.1, 0.15) is 0 Å². The molecule has 0 atom stereocenters. The number of halogens is 2. The average molecular weight is 315 g/mol. The fourth-order valence-electron chi connectivity index (χ4n) is 1.32. The van der Waals surface area contributed by atoms with Crippen molar-refractivity contribution in [3.63, 3.8) is 0 Å². The van der Waals surface area contributed by atoms with Gasteiger partial charge in [-0.05, 0) is 34.1 Å². The van der Waals surface area contributed by atoms with Crippen LogP contribution in [0.5, 0.6) is 5.75 Å². The summed E-state index contributed by atoms with van der Waals surface area (Å²) in [5.41, 5.74) is 6.48. The van der Waals surface area contributed by atoms with Gasteiger partial charge in [0.1, 0.15) is 11.6 Å². The normalized spacial score (nSPS) is 10.3. The molecule has 0 aliphatic heterocycles. The summed E-state index contributed by atoms with van der Waals surface area (Å²) < 4.78 is 5.74. The number of benzene rings is 1. The van der Waals surface area contributed by atoms with Gasteiger partial charge in [-0.2, -0.15) is 0 Å². The Labute approximate surface area is 112 Å². The largest absolute Gasteiger partial charge is 0.495 e. The molecule has 0 spiro atoms. The first-order valence-electron chi connectivity index (χ1n) is 4.73. The molecule has 4 nitrogen and oxygen atoms in total. The first-order valence-corrected chi connectivity index (χ1v) is 5.91. The Balaban J connectivity index is 2.46. The first kappa shape index (κ1) is 12.1. The number of methoxy groups -OCH3 is 1. The van der Waals surface area contributed by atoms with E-state index in [-0.39, 0.29) is 0 Å². The zero-order valence-electron chi connectivity index (χ0n) is 8.95. The third-order valence-electron chi connectivity index (χ3n) is 2.18.